The molecule has 1 aromatic carbocycles. The molecule has 1 amide bonds. The quantitative estimate of drug-likeness (QED) is 0.643. The summed E-state index contributed by atoms with van der Waals surface area (Å²) in [5, 5.41) is 9.67. The molecule has 3 N–H and O–H groups in total. The highest BCUT2D eigenvalue weighted by Crippen LogP contribution is 2.28. The second-order valence-corrected chi connectivity index (χ2v) is 6.02. The Kier molecular flexibility index (Phi) is 4.18. The topological polar surface area (TPSA) is 126 Å². The van der Waals surface area contributed by atoms with Crippen LogP contribution in [0.5, 0.6) is 0 Å². The zero-order valence-electron chi connectivity index (χ0n) is 13.7. The zero-order valence-corrected chi connectivity index (χ0v) is 13.7. The molecule has 0 unspecified atom stereocenters. The van der Waals surface area contributed by atoms with E-state index in [9.17, 15) is 9.59 Å². The lowest BCUT2D eigenvalue weighted by molar-refractivity contribution is -0.122. The minimum Gasteiger partial charge on any atom is -0.338 e. The van der Waals surface area contributed by atoms with Crippen LogP contribution in [0.4, 0.5) is 17.2 Å². The molecule has 0 saturated heterocycles. The third-order valence-electron chi connectivity index (χ3n) is 4.25. The van der Waals surface area contributed by atoms with Crippen LogP contribution in [0.3, 0.4) is 0 Å². The summed E-state index contributed by atoms with van der Waals surface area (Å²) in [5.41, 5.74) is 1.85. The first kappa shape index (κ1) is 16.0. The molecular weight excluding hydrogens is 336 g/mol. The molecule has 0 radical (unpaired) electrons. The second-order valence-electron chi connectivity index (χ2n) is 6.02. The van der Waals surface area contributed by atoms with Crippen molar-refractivity contribution in [3.8, 4) is 11.5 Å². The maximum absolute atomic E-state index is 12.0. The van der Waals surface area contributed by atoms with Gasteiger partial charge in [-0.2, -0.15) is 0 Å². The lowest BCUT2D eigenvalue weighted by atomic mass is 9.85. The molecule has 26 heavy (non-hydrogen) atoms. The zero-order chi connectivity index (χ0) is 17.9. The summed E-state index contributed by atoms with van der Waals surface area (Å²) in [6.45, 7) is 0. The number of rotatable bonds is 5. The number of anilines is 3. The Balaban J connectivity index is 1.49. The number of nitrogens with zero attached hydrogens (tertiary/aromatic N) is 3. The molecule has 4 rings (SSSR count). The standard InChI is InChI=1S/C17H16N6O3/c24-16(10-2-1-3-10)21-12-6-4-11(5-7-12)20-14-13(18-8-9-19-14)15-22-17(25)26-23-15/h4-10H,1-3H2,(H,19,20)(H,21,24)(H,22,23,25). The molecule has 132 valence electrons. The van der Waals surface area contributed by atoms with Gasteiger partial charge in [-0.25, -0.2) is 14.8 Å². The highest BCUT2D eigenvalue weighted by atomic mass is 16.5. The van der Waals surface area contributed by atoms with Gasteiger partial charge in [-0.3, -0.25) is 14.3 Å². The first-order valence-electron chi connectivity index (χ1n) is 8.24. The van der Waals surface area contributed by atoms with E-state index in [2.05, 4.69) is 35.3 Å². The number of H-pyrrole nitrogens is 1. The summed E-state index contributed by atoms with van der Waals surface area (Å²) in [5.74, 6) is 0.157. The fourth-order valence-corrected chi connectivity index (χ4v) is 2.62. The molecule has 0 atom stereocenters. The predicted molar refractivity (Wildman–Crippen MR) is 93.8 cm³/mol. The van der Waals surface area contributed by atoms with E-state index in [0.29, 0.717) is 11.5 Å². The number of hydrogen-bond donors (Lipinski definition) is 3. The Morgan fingerprint density at radius 3 is 2.50 bits per heavy atom. The minimum atomic E-state index is -0.664. The fourth-order valence-electron chi connectivity index (χ4n) is 2.62. The molecule has 9 nitrogen and oxygen atoms in total. The molecule has 1 saturated carbocycles. The molecule has 9 heteroatoms. The number of aromatic amines is 1. The normalized spacial score (nSPS) is 13.8. The summed E-state index contributed by atoms with van der Waals surface area (Å²) in [7, 11) is 0. The van der Waals surface area contributed by atoms with Crippen molar-refractivity contribution in [2.75, 3.05) is 10.6 Å². The first-order valence-corrected chi connectivity index (χ1v) is 8.24. The van der Waals surface area contributed by atoms with Gasteiger partial charge < -0.3 is 10.6 Å². The van der Waals surface area contributed by atoms with E-state index in [0.717, 1.165) is 30.6 Å². The molecule has 1 aliphatic rings. The molecule has 0 aliphatic heterocycles. The smallest absolute Gasteiger partial charge is 0.338 e. The lowest BCUT2D eigenvalue weighted by Gasteiger charge is -2.24. The van der Waals surface area contributed by atoms with Gasteiger partial charge in [-0.15, -0.1) is 0 Å². The summed E-state index contributed by atoms with van der Waals surface area (Å²) >= 11 is 0. The van der Waals surface area contributed by atoms with Gasteiger partial charge in [0.05, 0.1) is 0 Å². The SMILES string of the molecule is O=C(Nc1ccc(Nc2nccnc2-c2noc(=O)[nH]2)cc1)C1CCC1. The first-order chi connectivity index (χ1) is 12.7. The van der Waals surface area contributed by atoms with E-state index < -0.39 is 5.76 Å². The Hall–Kier alpha value is -3.49. The van der Waals surface area contributed by atoms with Crippen LogP contribution in [0, 0.1) is 5.92 Å². The van der Waals surface area contributed by atoms with E-state index in [1.807, 2.05) is 24.3 Å². The summed E-state index contributed by atoms with van der Waals surface area (Å²) in [6.07, 6.45) is 6.07. The van der Waals surface area contributed by atoms with Gasteiger partial charge in [0, 0.05) is 29.7 Å². The number of carbonyl (C=O) groups is 1. The predicted octanol–water partition coefficient (Wildman–Crippen LogP) is 2.30. The van der Waals surface area contributed by atoms with Crippen LogP contribution in [0.15, 0.2) is 46.0 Å². The van der Waals surface area contributed by atoms with Crippen molar-refractivity contribution in [2.45, 2.75) is 19.3 Å². The van der Waals surface area contributed by atoms with Crippen LogP contribution in [-0.4, -0.2) is 26.0 Å². The minimum absolute atomic E-state index is 0.0724. The van der Waals surface area contributed by atoms with E-state index >= 15 is 0 Å². The highest BCUT2D eigenvalue weighted by molar-refractivity contribution is 5.93. The number of aromatic nitrogens is 4. The average Bonchev–Trinajstić information content (AvgIpc) is 3.02. The van der Waals surface area contributed by atoms with Crippen molar-refractivity contribution in [1.82, 2.24) is 20.1 Å². The van der Waals surface area contributed by atoms with Crippen LogP contribution in [0.25, 0.3) is 11.5 Å². The Labute approximate surface area is 147 Å². The summed E-state index contributed by atoms with van der Waals surface area (Å²) < 4.78 is 4.51. The van der Waals surface area contributed by atoms with Crippen LogP contribution in [-0.2, 0) is 4.79 Å². The molecular formula is C17H16N6O3. The fraction of sp³-hybridized carbons (Fsp3) is 0.235. The largest absolute Gasteiger partial charge is 0.439 e. The van der Waals surface area contributed by atoms with E-state index in [-0.39, 0.29) is 17.6 Å². The summed E-state index contributed by atoms with van der Waals surface area (Å²) in [6, 6.07) is 7.26. The van der Waals surface area contributed by atoms with Crippen molar-refractivity contribution < 1.29 is 9.32 Å². The van der Waals surface area contributed by atoms with Crippen LogP contribution >= 0.6 is 0 Å². The van der Waals surface area contributed by atoms with Crippen molar-refractivity contribution in [3.05, 3.63) is 47.2 Å². The maximum atomic E-state index is 12.0. The third-order valence-corrected chi connectivity index (χ3v) is 4.25. The molecule has 0 bridgehead atoms. The van der Waals surface area contributed by atoms with Gasteiger partial charge in [0.1, 0.15) is 0 Å². The maximum Gasteiger partial charge on any atom is 0.439 e. The Morgan fingerprint density at radius 2 is 1.85 bits per heavy atom. The number of carbonyl (C=O) groups excluding carboxylic acids is 1. The van der Waals surface area contributed by atoms with E-state index in [1.54, 1.807) is 0 Å². The molecule has 1 aliphatic carbocycles. The Morgan fingerprint density at radius 1 is 1.12 bits per heavy atom. The summed E-state index contributed by atoms with van der Waals surface area (Å²) in [4.78, 5) is 34.0. The monoisotopic (exact) mass is 352 g/mol. The van der Waals surface area contributed by atoms with E-state index in [4.69, 9.17) is 0 Å². The van der Waals surface area contributed by atoms with Crippen molar-refractivity contribution in [3.63, 3.8) is 0 Å². The van der Waals surface area contributed by atoms with Gasteiger partial charge >= 0.3 is 5.76 Å². The second kappa shape index (κ2) is 6.79. The average molecular weight is 352 g/mol. The van der Waals surface area contributed by atoms with Crippen LogP contribution in [0.1, 0.15) is 19.3 Å². The van der Waals surface area contributed by atoms with Gasteiger partial charge in [-0.1, -0.05) is 11.6 Å². The van der Waals surface area contributed by atoms with Crippen LogP contribution in [0.2, 0.25) is 0 Å². The van der Waals surface area contributed by atoms with Gasteiger partial charge in [-0.05, 0) is 37.1 Å². The Bertz CT molecular complexity index is 974. The number of nitrogens with one attached hydrogen (secondary N) is 3. The van der Waals surface area contributed by atoms with Crippen molar-refractivity contribution in [1.29, 1.82) is 0 Å². The van der Waals surface area contributed by atoms with Gasteiger partial charge in [0.25, 0.3) is 0 Å². The molecule has 0 spiro atoms. The molecule has 2 aromatic heterocycles. The van der Waals surface area contributed by atoms with Crippen LogP contribution < -0.4 is 16.4 Å². The number of amides is 1. The number of benzene rings is 1. The highest BCUT2D eigenvalue weighted by Gasteiger charge is 2.25. The van der Waals surface area contributed by atoms with Gasteiger partial charge in [0.15, 0.2) is 11.5 Å². The van der Waals surface area contributed by atoms with Crippen molar-refractivity contribution >= 4 is 23.1 Å². The molecule has 1 fully saturated rings. The third kappa shape index (κ3) is 3.32. The van der Waals surface area contributed by atoms with Gasteiger partial charge in [0.2, 0.25) is 11.7 Å². The lowest BCUT2D eigenvalue weighted by Crippen LogP contribution is -2.27. The van der Waals surface area contributed by atoms with Crippen molar-refractivity contribution in [2.24, 2.45) is 5.92 Å². The molecule has 3 aromatic rings. The number of hydrogen-bond acceptors (Lipinski definition) is 7. The van der Waals surface area contributed by atoms with E-state index in [1.165, 1.54) is 12.4 Å². The molecule has 2 heterocycles.